The van der Waals surface area contributed by atoms with Crippen LogP contribution in [0.5, 0.6) is 0 Å². The Morgan fingerprint density at radius 1 is 1.11 bits per heavy atom. The molecule has 1 aliphatic carbocycles. The molecule has 0 radical (unpaired) electrons. The van der Waals surface area contributed by atoms with Crippen molar-refractivity contribution in [2.24, 2.45) is 0 Å². The molecule has 0 amide bonds. The number of rotatable bonds is 7. The first-order chi connectivity index (χ1) is 12.8. The topological polar surface area (TPSA) is 89.5 Å². The second-order valence-corrected chi connectivity index (χ2v) is 8.14. The number of Topliss-reactive ketones (excluding diaryl/α,β-unsaturated/α-hetero) is 1. The summed E-state index contributed by atoms with van der Waals surface area (Å²) in [5, 5.41) is -0.0258. The number of carbonyl (C=O) groups is 2. The van der Waals surface area contributed by atoms with Crippen LogP contribution in [0.25, 0.3) is 0 Å². The molecule has 0 aliphatic heterocycles. The Morgan fingerprint density at radius 3 is 2.37 bits per heavy atom. The van der Waals surface area contributed by atoms with Crippen molar-refractivity contribution >= 4 is 33.4 Å². The smallest absolute Gasteiger partial charge is 0.338 e. The van der Waals surface area contributed by atoms with E-state index in [0.717, 1.165) is 31.0 Å². The molecule has 1 N–H and O–H groups in total. The van der Waals surface area contributed by atoms with E-state index >= 15 is 0 Å². The summed E-state index contributed by atoms with van der Waals surface area (Å²) in [5.74, 6) is -1.87. The number of benzene rings is 2. The lowest BCUT2D eigenvalue weighted by Crippen LogP contribution is -2.26. The fourth-order valence-corrected chi connectivity index (χ4v) is 4.08. The molecule has 0 heterocycles. The van der Waals surface area contributed by atoms with Gasteiger partial charge in [0.2, 0.25) is 10.0 Å². The molecule has 1 saturated carbocycles. The Bertz CT molecular complexity index is 987. The van der Waals surface area contributed by atoms with E-state index < -0.39 is 34.2 Å². The van der Waals surface area contributed by atoms with Crippen LogP contribution in [0.3, 0.4) is 0 Å². The number of sulfonamides is 1. The van der Waals surface area contributed by atoms with Gasteiger partial charge in [-0.1, -0.05) is 11.6 Å². The van der Waals surface area contributed by atoms with Gasteiger partial charge >= 0.3 is 5.97 Å². The molecule has 6 nitrogen and oxygen atoms in total. The largest absolute Gasteiger partial charge is 0.454 e. The lowest BCUT2D eigenvalue weighted by atomic mass is 10.1. The Balaban J connectivity index is 1.70. The lowest BCUT2D eigenvalue weighted by molar-refractivity contribution is 0.0474. The van der Waals surface area contributed by atoms with E-state index in [1.54, 1.807) is 0 Å². The highest BCUT2D eigenvalue weighted by Gasteiger charge is 2.29. The number of halogens is 2. The Morgan fingerprint density at radius 2 is 1.74 bits per heavy atom. The van der Waals surface area contributed by atoms with Crippen LogP contribution in [0.15, 0.2) is 47.4 Å². The standard InChI is InChI=1S/C18H15ClFNO5S/c19-15-8-3-12(9-17(15)27(24,25)21-14-6-7-14)18(23)26-10-16(22)11-1-4-13(20)5-2-11/h1-5,8-9,14,21H,6-7,10H2. The molecule has 0 unspecified atom stereocenters. The zero-order chi connectivity index (χ0) is 19.6. The second kappa shape index (κ2) is 7.75. The van der Waals surface area contributed by atoms with Gasteiger partial charge in [-0.15, -0.1) is 0 Å². The summed E-state index contributed by atoms with van der Waals surface area (Å²) in [6.07, 6.45) is 1.51. The highest BCUT2D eigenvalue weighted by Crippen LogP contribution is 2.27. The van der Waals surface area contributed by atoms with Crippen LogP contribution >= 0.6 is 11.6 Å². The predicted octanol–water partition coefficient (Wildman–Crippen LogP) is 2.96. The van der Waals surface area contributed by atoms with Gasteiger partial charge in [-0.25, -0.2) is 22.3 Å². The summed E-state index contributed by atoms with van der Waals surface area (Å²) < 4.78 is 44.9. The first kappa shape index (κ1) is 19.5. The van der Waals surface area contributed by atoms with Crippen molar-refractivity contribution in [3.63, 3.8) is 0 Å². The molecule has 0 aromatic heterocycles. The molecule has 142 valence electrons. The third-order valence-corrected chi connectivity index (χ3v) is 5.86. The Labute approximate surface area is 160 Å². The van der Waals surface area contributed by atoms with Gasteiger partial charge < -0.3 is 4.74 Å². The molecule has 0 bridgehead atoms. The summed E-state index contributed by atoms with van der Waals surface area (Å²) in [4.78, 5) is 23.9. The molecule has 2 aromatic rings. The van der Waals surface area contributed by atoms with Gasteiger partial charge in [0.25, 0.3) is 0 Å². The first-order valence-corrected chi connectivity index (χ1v) is 9.90. The monoisotopic (exact) mass is 411 g/mol. The number of esters is 1. The minimum Gasteiger partial charge on any atom is -0.454 e. The molecular formula is C18H15ClFNO5S. The molecule has 0 saturated heterocycles. The molecule has 2 aromatic carbocycles. The fraction of sp³-hybridized carbons (Fsp3) is 0.222. The Kier molecular flexibility index (Phi) is 5.59. The van der Waals surface area contributed by atoms with Crippen molar-refractivity contribution in [2.45, 2.75) is 23.8 Å². The zero-order valence-electron chi connectivity index (χ0n) is 13.9. The molecule has 0 atom stereocenters. The third-order valence-electron chi connectivity index (χ3n) is 3.86. The van der Waals surface area contributed by atoms with Gasteiger partial charge in [0, 0.05) is 11.6 Å². The summed E-state index contributed by atoms with van der Waals surface area (Å²) in [6, 6.07) is 8.39. The molecular weight excluding hydrogens is 397 g/mol. The fourth-order valence-electron chi connectivity index (χ4n) is 2.25. The first-order valence-electron chi connectivity index (χ1n) is 8.04. The molecule has 1 fully saturated rings. The average Bonchev–Trinajstić information content (AvgIpc) is 3.43. The number of ether oxygens (including phenoxy) is 1. The molecule has 0 spiro atoms. The van der Waals surface area contributed by atoms with E-state index in [1.807, 2.05) is 0 Å². The van der Waals surface area contributed by atoms with E-state index in [9.17, 15) is 22.4 Å². The van der Waals surface area contributed by atoms with Gasteiger partial charge in [-0.3, -0.25) is 4.79 Å². The van der Waals surface area contributed by atoms with Gasteiger partial charge in [-0.2, -0.15) is 0 Å². The van der Waals surface area contributed by atoms with Gasteiger partial charge in [0.15, 0.2) is 12.4 Å². The number of hydrogen-bond acceptors (Lipinski definition) is 5. The van der Waals surface area contributed by atoms with Gasteiger partial charge in [0.1, 0.15) is 10.7 Å². The minimum absolute atomic E-state index is 0.0258. The van der Waals surface area contributed by atoms with Crippen molar-refractivity contribution in [2.75, 3.05) is 6.61 Å². The van der Waals surface area contributed by atoms with Gasteiger partial charge in [0.05, 0.1) is 10.6 Å². The van der Waals surface area contributed by atoms with E-state index in [4.69, 9.17) is 16.3 Å². The molecule has 27 heavy (non-hydrogen) atoms. The van der Waals surface area contributed by atoms with Crippen LogP contribution < -0.4 is 4.72 Å². The van der Waals surface area contributed by atoms with E-state index in [0.29, 0.717) is 0 Å². The maximum atomic E-state index is 12.9. The van der Waals surface area contributed by atoms with E-state index in [1.165, 1.54) is 24.3 Å². The Hall–Kier alpha value is -2.29. The van der Waals surface area contributed by atoms with Crippen molar-refractivity contribution in [3.05, 3.63) is 64.4 Å². The van der Waals surface area contributed by atoms with Crippen LogP contribution in [-0.2, 0) is 14.8 Å². The highest BCUT2D eigenvalue weighted by molar-refractivity contribution is 7.89. The molecule has 9 heteroatoms. The van der Waals surface area contributed by atoms with Crippen LogP contribution in [0.2, 0.25) is 5.02 Å². The van der Waals surface area contributed by atoms with Crippen molar-refractivity contribution < 1.29 is 27.1 Å². The predicted molar refractivity (Wildman–Crippen MR) is 95.8 cm³/mol. The summed E-state index contributed by atoms with van der Waals surface area (Å²) >= 11 is 5.95. The maximum Gasteiger partial charge on any atom is 0.338 e. The highest BCUT2D eigenvalue weighted by atomic mass is 35.5. The number of ketones is 1. The zero-order valence-corrected chi connectivity index (χ0v) is 15.5. The van der Waals surface area contributed by atoms with Crippen LogP contribution in [0.1, 0.15) is 33.6 Å². The average molecular weight is 412 g/mol. The summed E-state index contributed by atoms with van der Waals surface area (Å²) in [6.45, 7) is -0.560. The van der Waals surface area contributed by atoms with Crippen molar-refractivity contribution in [1.29, 1.82) is 0 Å². The summed E-state index contributed by atoms with van der Waals surface area (Å²) in [7, 11) is -3.85. The normalized spacial score (nSPS) is 14.0. The van der Waals surface area contributed by atoms with Crippen LogP contribution in [-0.4, -0.2) is 32.8 Å². The quantitative estimate of drug-likeness (QED) is 0.559. The lowest BCUT2D eigenvalue weighted by Gasteiger charge is -2.10. The van der Waals surface area contributed by atoms with Crippen molar-refractivity contribution in [1.82, 2.24) is 4.72 Å². The number of carbonyl (C=O) groups excluding carboxylic acids is 2. The maximum absolute atomic E-state index is 12.9. The minimum atomic E-state index is -3.85. The summed E-state index contributed by atoms with van der Waals surface area (Å²) in [5.41, 5.74) is 0.139. The van der Waals surface area contributed by atoms with Crippen LogP contribution in [0.4, 0.5) is 4.39 Å². The number of hydrogen-bond donors (Lipinski definition) is 1. The van der Waals surface area contributed by atoms with Crippen molar-refractivity contribution in [3.8, 4) is 0 Å². The van der Waals surface area contributed by atoms with Crippen LogP contribution in [0, 0.1) is 5.82 Å². The van der Waals surface area contributed by atoms with E-state index in [2.05, 4.69) is 4.72 Å². The SMILES string of the molecule is O=C(COC(=O)c1ccc(Cl)c(S(=O)(=O)NC2CC2)c1)c1ccc(F)cc1. The third kappa shape index (κ3) is 4.91. The van der Waals surface area contributed by atoms with E-state index in [-0.39, 0.29) is 27.1 Å². The molecule has 3 rings (SSSR count). The molecule has 1 aliphatic rings. The number of nitrogens with one attached hydrogen (secondary N) is 1. The second-order valence-electron chi connectivity index (χ2n) is 6.05. The van der Waals surface area contributed by atoms with Gasteiger partial charge in [-0.05, 0) is 55.3 Å².